The van der Waals surface area contributed by atoms with Crippen molar-refractivity contribution in [3.05, 3.63) is 106 Å². The van der Waals surface area contributed by atoms with Crippen LogP contribution in [0.25, 0.3) is 21.3 Å². The lowest BCUT2D eigenvalue weighted by Crippen LogP contribution is -2.39. The van der Waals surface area contributed by atoms with Crippen LogP contribution in [0.15, 0.2) is 94.2 Å². The van der Waals surface area contributed by atoms with E-state index < -0.39 is 6.09 Å². The van der Waals surface area contributed by atoms with Crippen molar-refractivity contribution in [1.29, 1.82) is 5.53 Å². The number of benzene rings is 3. The van der Waals surface area contributed by atoms with Crippen molar-refractivity contribution in [3.8, 4) is 16.2 Å². The fraction of sp³-hybridized carbons (Fsp3) is 0.333. The molecule has 0 saturated carbocycles. The van der Waals surface area contributed by atoms with Gasteiger partial charge in [0.2, 0.25) is 5.56 Å². The van der Waals surface area contributed by atoms with Crippen LogP contribution in [0.3, 0.4) is 0 Å². The van der Waals surface area contributed by atoms with Crippen LogP contribution in [-0.4, -0.2) is 74.1 Å². The van der Waals surface area contributed by atoms with Crippen molar-refractivity contribution < 1.29 is 19.4 Å². The standard InChI is InChI=1S/C37H41N7O4S.C2H6O/c38-43-32-23-25(24-39-18-13-26-8-11-33(45)35-29(26)9-12-34(46)42-35)7-10-30(32)40-17-4-19-44-20-14-28(15-21-44)48-37(47)41-31-16-22-49-36(31)27-5-2-1-3-6-27;1-3-2/h1-3,5-12,16,22-23,28,38-40,45H,4,13-15,17-21,24H2,(H,41,47)(H,42,46);1-2H3. The Bertz CT molecular complexity index is 1960. The number of H-pyrrole nitrogens is 1. The van der Waals surface area contributed by atoms with E-state index >= 15 is 0 Å². The van der Waals surface area contributed by atoms with E-state index in [-0.39, 0.29) is 17.4 Å². The summed E-state index contributed by atoms with van der Waals surface area (Å²) < 4.78 is 10.0. The van der Waals surface area contributed by atoms with Gasteiger partial charge in [0.1, 0.15) is 17.5 Å². The van der Waals surface area contributed by atoms with Crippen molar-refractivity contribution in [2.75, 3.05) is 57.6 Å². The van der Waals surface area contributed by atoms with Crippen molar-refractivity contribution in [2.24, 2.45) is 5.11 Å². The smallest absolute Gasteiger partial charge is 0.411 e. The summed E-state index contributed by atoms with van der Waals surface area (Å²) in [4.78, 5) is 30.4. The molecule has 13 heteroatoms. The number of thiophene rings is 1. The maximum absolute atomic E-state index is 12.6. The van der Waals surface area contributed by atoms with Gasteiger partial charge in [0, 0.05) is 51.9 Å². The van der Waals surface area contributed by atoms with Crippen LogP contribution in [0, 0.1) is 5.53 Å². The monoisotopic (exact) mass is 725 g/mol. The van der Waals surface area contributed by atoms with Gasteiger partial charge in [-0.3, -0.25) is 10.1 Å². The first-order valence-corrected chi connectivity index (χ1v) is 18.3. The summed E-state index contributed by atoms with van der Waals surface area (Å²) >= 11 is 1.59. The summed E-state index contributed by atoms with van der Waals surface area (Å²) in [6.45, 7) is 4.78. The van der Waals surface area contributed by atoms with Gasteiger partial charge in [-0.05, 0) is 91.2 Å². The number of ether oxygens (including phenoxy) is 2. The van der Waals surface area contributed by atoms with Crippen LogP contribution in [-0.2, 0) is 22.4 Å². The predicted octanol–water partition coefficient (Wildman–Crippen LogP) is 7.73. The normalized spacial score (nSPS) is 13.3. The van der Waals surface area contributed by atoms with E-state index in [0.29, 0.717) is 24.3 Å². The number of phenols is 1. The second-order valence-corrected chi connectivity index (χ2v) is 13.5. The lowest BCUT2D eigenvalue weighted by molar-refractivity contribution is 0.0589. The lowest BCUT2D eigenvalue weighted by Gasteiger charge is -2.31. The molecule has 12 nitrogen and oxygen atoms in total. The van der Waals surface area contributed by atoms with Gasteiger partial charge in [0.15, 0.2) is 0 Å². The highest BCUT2D eigenvalue weighted by molar-refractivity contribution is 7.14. The third kappa shape index (κ3) is 10.7. The van der Waals surface area contributed by atoms with Crippen LogP contribution in [0.2, 0.25) is 0 Å². The Morgan fingerprint density at radius 1 is 1.02 bits per heavy atom. The third-order valence-electron chi connectivity index (χ3n) is 8.76. The summed E-state index contributed by atoms with van der Waals surface area (Å²) in [6.07, 6.45) is 2.77. The summed E-state index contributed by atoms with van der Waals surface area (Å²) in [6, 6.07) is 24.6. The number of aromatic nitrogens is 1. The molecule has 2 aromatic heterocycles. The number of anilines is 2. The zero-order valence-corrected chi connectivity index (χ0v) is 30.4. The number of piperidine rings is 1. The van der Waals surface area contributed by atoms with E-state index in [1.165, 1.54) is 6.07 Å². The Labute approximate surface area is 307 Å². The fourth-order valence-corrected chi connectivity index (χ4v) is 7.05. The molecule has 1 aliphatic rings. The average Bonchev–Trinajstić information content (AvgIpc) is 3.62. The molecule has 52 heavy (non-hydrogen) atoms. The van der Waals surface area contributed by atoms with Gasteiger partial charge in [0.05, 0.1) is 21.8 Å². The molecule has 1 fully saturated rings. The molecule has 0 aliphatic carbocycles. The predicted molar refractivity (Wildman–Crippen MR) is 208 cm³/mol. The number of likely N-dealkylation sites (tertiary alicyclic amines) is 1. The van der Waals surface area contributed by atoms with Crippen LogP contribution in [0.4, 0.5) is 21.9 Å². The number of aromatic hydroxyl groups is 1. The van der Waals surface area contributed by atoms with E-state index in [1.807, 2.05) is 66.0 Å². The molecule has 5 aromatic rings. The topological polar surface area (TPSA) is 164 Å². The number of hydrogen-bond acceptors (Lipinski definition) is 11. The van der Waals surface area contributed by atoms with E-state index in [4.69, 9.17) is 10.3 Å². The molecular weight excluding hydrogens is 679 g/mol. The van der Waals surface area contributed by atoms with Crippen LogP contribution in [0.5, 0.6) is 5.75 Å². The number of hydrogen-bond donors (Lipinski definition) is 6. The quantitative estimate of drug-likeness (QED) is 0.0500. The number of amides is 1. The Balaban J connectivity index is 0.00000168. The van der Waals surface area contributed by atoms with Gasteiger partial charge in [-0.25, -0.2) is 10.3 Å². The Morgan fingerprint density at radius 3 is 2.58 bits per heavy atom. The van der Waals surface area contributed by atoms with Crippen molar-refractivity contribution in [2.45, 2.75) is 38.3 Å². The minimum absolute atomic E-state index is 0.0611. The number of aromatic amines is 1. The van der Waals surface area contributed by atoms with Crippen LogP contribution in [0.1, 0.15) is 30.4 Å². The molecule has 0 radical (unpaired) electrons. The fourth-order valence-electron chi connectivity index (χ4n) is 6.19. The number of rotatable bonds is 14. The number of carbonyl (C=O) groups is 1. The zero-order valence-electron chi connectivity index (χ0n) is 29.6. The van der Waals surface area contributed by atoms with Gasteiger partial charge in [-0.1, -0.05) is 42.5 Å². The zero-order chi connectivity index (χ0) is 36.7. The second kappa shape index (κ2) is 19.5. The first-order chi connectivity index (χ1) is 25.4. The summed E-state index contributed by atoms with van der Waals surface area (Å²) in [5.41, 5.74) is 13.3. The molecule has 6 rings (SSSR count). The van der Waals surface area contributed by atoms with Gasteiger partial charge in [-0.2, -0.15) is 5.11 Å². The SMILES string of the molecule is COC.N=Nc1cc(CNCCc2ccc(O)c3[nH]c(=O)ccc23)ccc1NCCCN1CCC(OC(=O)Nc2ccsc2-c2ccccc2)CC1. The van der Waals surface area contributed by atoms with Crippen molar-refractivity contribution >= 4 is 45.4 Å². The first-order valence-electron chi connectivity index (χ1n) is 17.4. The molecule has 1 aliphatic heterocycles. The number of methoxy groups -OCH3 is 1. The van der Waals surface area contributed by atoms with E-state index in [2.05, 4.69) is 35.7 Å². The highest BCUT2D eigenvalue weighted by Gasteiger charge is 2.23. The molecule has 0 atom stereocenters. The molecule has 0 spiro atoms. The van der Waals surface area contributed by atoms with Crippen LogP contribution >= 0.6 is 11.3 Å². The maximum atomic E-state index is 12.6. The molecular formula is C39H47N7O5S. The maximum Gasteiger partial charge on any atom is 0.411 e. The molecule has 1 saturated heterocycles. The van der Waals surface area contributed by atoms with Gasteiger partial charge >= 0.3 is 6.09 Å². The Hall–Kier alpha value is -5.08. The number of pyridine rings is 1. The highest BCUT2D eigenvalue weighted by atomic mass is 32.1. The van der Waals surface area contributed by atoms with Crippen molar-refractivity contribution in [1.82, 2.24) is 15.2 Å². The first kappa shape index (κ1) is 38.2. The number of phenolic OH excluding ortho intramolecular Hbond substituents is 1. The molecule has 0 bridgehead atoms. The molecule has 6 N–H and O–H groups in total. The summed E-state index contributed by atoms with van der Waals surface area (Å²) in [7, 11) is 3.25. The third-order valence-corrected chi connectivity index (χ3v) is 9.72. The number of nitrogens with one attached hydrogen (secondary N) is 5. The van der Waals surface area contributed by atoms with E-state index in [0.717, 1.165) is 90.2 Å². The van der Waals surface area contributed by atoms with Gasteiger partial charge in [0.25, 0.3) is 0 Å². The van der Waals surface area contributed by atoms with Gasteiger partial charge < -0.3 is 35.1 Å². The molecule has 1 amide bonds. The molecule has 274 valence electrons. The van der Waals surface area contributed by atoms with Crippen LogP contribution < -0.4 is 21.5 Å². The number of carbonyl (C=O) groups excluding carboxylic acids is 1. The lowest BCUT2D eigenvalue weighted by atomic mass is 10.0. The summed E-state index contributed by atoms with van der Waals surface area (Å²) in [5.74, 6) is 0.0611. The Kier molecular flexibility index (Phi) is 14.3. The summed E-state index contributed by atoms with van der Waals surface area (Å²) in [5, 5.41) is 26.5. The van der Waals surface area contributed by atoms with Crippen molar-refractivity contribution in [3.63, 3.8) is 0 Å². The van der Waals surface area contributed by atoms with E-state index in [9.17, 15) is 14.7 Å². The Morgan fingerprint density at radius 2 is 1.81 bits per heavy atom. The molecule has 0 unspecified atom stereocenters. The molecule has 3 heterocycles. The minimum atomic E-state index is -0.405. The highest BCUT2D eigenvalue weighted by Crippen LogP contribution is 2.34. The minimum Gasteiger partial charge on any atom is -0.506 e. The molecule has 3 aromatic carbocycles. The number of fused-ring (bicyclic) bond motifs is 1. The number of nitrogens with zero attached hydrogens (tertiary/aromatic N) is 2. The largest absolute Gasteiger partial charge is 0.506 e. The average molecular weight is 726 g/mol. The van der Waals surface area contributed by atoms with E-state index in [1.54, 1.807) is 37.7 Å². The second-order valence-electron chi connectivity index (χ2n) is 12.5. The van der Waals surface area contributed by atoms with Gasteiger partial charge in [-0.15, -0.1) is 11.3 Å².